The molecule has 3 aliphatic rings. The standard InChI is InChI=1S/C14H16N4O3S/c15-6-8-5-9-11-10(7-22(20)13(8)9)12(17-16-11)14(19)18-1-3-21-4-2-18/h6,8,15H,1-5,7H2,(H,16,17). The Bertz CT molecular complexity index is 718. The lowest BCUT2D eigenvalue weighted by molar-refractivity contribution is 0.0298. The van der Waals surface area contributed by atoms with Crippen LogP contribution in [0, 0.1) is 11.3 Å². The summed E-state index contributed by atoms with van der Waals surface area (Å²) in [4.78, 5) is 15.2. The largest absolute Gasteiger partial charge is 0.378 e. The summed E-state index contributed by atoms with van der Waals surface area (Å²) in [6, 6.07) is 0. The molecular formula is C14H16N4O3S. The zero-order valence-electron chi connectivity index (χ0n) is 11.9. The number of H-pyrrole nitrogens is 1. The van der Waals surface area contributed by atoms with E-state index in [4.69, 9.17) is 10.1 Å². The molecule has 2 atom stereocenters. The second-order valence-corrected chi connectivity index (χ2v) is 7.06. The maximum absolute atomic E-state index is 12.6. The van der Waals surface area contributed by atoms with Crippen LogP contribution in [0.3, 0.4) is 0 Å². The van der Waals surface area contributed by atoms with Gasteiger partial charge in [-0.3, -0.25) is 14.1 Å². The van der Waals surface area contributed by atoms with E-state index in [1.165, 1.54) is 6.21 Å². The molecule has 1 aromatic heterocycles. The van der Waals surface area contributed by atoms with Crippen LogP contribution in [0.2, 0.25) is 0 Å². The number of allylic oxidation sites excluding steroid dienone is 2. The smallest absolute Gasteiger partial charge is 0.272 e. The number of nitrogens with one attached hydrogen (secondary N) is 2. The molecule has 0 saturated carbocycles. The molecule has 3 heterocycles. The second-order valence-electron chi connectivity index (χ2n) is 5.64. The highest BCUT2D eigenvalue weighted by atomic mass is 32.2. The van der Waals surface area contributed by atoms with E-state index in [-0.39, 0.29) is 11.8 Å². The highest BCUT2D eigenvalue weighted by Gasteiger charge is 2.41. The molecule has 1 fully saturated rings. The van der Waals surface area contributed by atoms with E-state index in [0.29, 0.717) is 44.2 Å². The number of aromatic amines is 1. The predicted octanol–water partition coefficient (Wildman–Crippen LogP) is 0.525. The molecule has 0 radical (unpaired) electrons. The number of hydrogen-bond acceptors (Lipinski definition) is 5. The summed E-state index contributed by atoms with van der Waals surface area (Å²) >= 11 is 0. The van der Waals surface area contributed by atoms with E-state index >= 15 is 0 Å². The quantitative estimate of drug-likeness (QED) is 0.776. The summed E-state index contributed by atoms with van der Waals surface area (Å²) in [6.07, 6.45) is 2.03. The van der Waals surface area contributed by atoms with Crippen molar-refractivity contribution in [2.75, 3.05) is 26.3 Å². The highest BCUT2D eigenvalue weighted by molar-refractivity contribution is 7.88. The third kappa shape index (κ3) is 1.90. The third-order valence-corrected chi connectivity index (χ3v) is 6.04. The molecule has 1 saturated heterocycles. The number of fused-ring (bicyclic) bond motifs is 2. The Morgan fingerprint density at radius 1 is 1.45 bits per heavy atom. The normalized spacial score (nSPS) is 27.0. The predicted molar refractivity (Wildman–Crippen MR) is 81.0 cm³/mol. The number of morpholine rings is 1. The summed E-state index contributed by atoms with van der Waals surface area (Å²) in [6.45, 7) is 2.23. The first-order chi connectivity index (χ1) is 10.7. The van der Waals surface area contributed by atoms with Crippen molar-refractivity contribution < 1.29 is 13.7 Å². The van der Waals surface area contributed by atoms with Crippen LogP contribution in [0.1, 0.15) is 28.2 Å². The van der Waals surface area contributed by atoms with Crippen LogP contribution < -0.4 is 0 Å². The Balaban J connectivity index is 1.69. The molecule has 22 heavy (non-hydrogen) atoms. The number of amides is 1. The molecule has 2 unspecified atom stereocenters. The summed E-state index contributed by atoms with van der Waals surface area (Å²) in [5.41, 5.74) is 2.93. The van der Waals surface area contributed by atoms with Crippen molar-refractivity contribution in [3.63, 3.8) is 0 Å². The topological polar surface area (TPSA) is 99.1 Å². The summed E-state index contributed by atoms with van der Waals surface area (Å²) in [5.74, 6) is 0.181. The Morgan fingerprint density at radius 3 is 2.95 bits per heavy atom. The van der Waals surface area contributed by atoms with Crippen molar-refractivity contribution >= 4 is 28.5 Å². The summed E-state index contributed by atoms with van der Waals surface area (Å²) in [7, 11) is -1.16. The van der Waals surface area contributed by atoms with E-state index in [1.807, 2.05) is 0 Å². The molecule has 4 rings (SSSR count). The molecule has 0 spiro atoms. The second kappa shape index (κ2) is 5.13. The lowest BCUT2D eigenvalue weighted by atomic mass is 9.83. The molecule has 116 valence electrons. The van der Waals surface area contributed by atoms with E-state index in [0.717, 1.165) is 21.7 Å². The number of carbonyl (C=O) groups excluding carboxylic acids is 1. The van der Waals surface area contributed by atoms with Gasteiger partial charge in [-0.1, -0.05) is 0 Å². The van der Waals surface area contributed by atoms with Gasteiger partial charge in [0.25, 0.3) is 5.91 Å². The highest BCUT2D eigenvalue weighted by Crippen LogP contribution is 2.47. The van der Waals surface area contributed by atoms with Gasteiger partial charge in [0.1, 0.15) is 5.69 Å². The van der Waals surface area contributed by atoms with Crippen molar-refractivity contribution in [3.05, 3.63) is 21.9 Å². The van der Waals surface area contributed by atoms with Gasteiger partial charge in [0.05, 0.1) is 35.5 Å². The van der Waals surface area contributed by atoms with Gasteiger partial charge in [0.2, 0.25) is 0 Å². The van der Waals surface area contributed by atoms with Crippen LogP contribution >= 0.6 is 0 Å². The number of ether oxygens (including phenoxy) is 1. The molecule has 2 N–H and O–H groups in total. The van der Waals surface area contributed by atoms with Gasteiger partial charge in [0.15, 0.2) is 0 Å². The molecule has 0 aromatic carbocycles. The maximum Gasteiger partial charge on any atom is 0.272 e. The molecule has 0 bridgehead atoms. The zero-order valence-corrected chi connectivity index (χ0v) is 12.7. The van der Waals surface area contributed by atoms with Gasteiger partial charge in [-0.25, -0.2) is 0 Å². The van der Waals surface area contributed by atoms with Crippen molar-refractivity contribution in [2.45, 2.75) is 12.2 Å². The monoisotopic (exact) mass is 320 g/mol. The van der Waals surface area contributed by atoms with Gasteiger partial charge < -0.3 is 15.0 Å². The lowest BCUT2D eigenvalue weighted by Gasteiger charge is -2.33. The Kier molecular flexibility index (Phi) is 3.23. The van der Waals surface area contributed by atoms with Crippen LogP contribution in [-0.2, 0) is 21.3 Å². The fourth-order valence-electron chi connectivity index (χ4n) is 3.23. The van der Waals surface area contributed by atoms with E-state index < -0.39 is 10.8 Å². The molecule has 1 aliphatic carbocycles. The van der Waals surface area contributed by atoms with Crippen molar-refractivity contribution in [2.24, 2.45) is 5.92 Å². The fraction of sp³-hybridized carbons (Fsp3) is 0.500. The SMILES string of the molecule is N=CC1CC2=C1S(=O)Cc1c2n[nH]c1C(=O)N1CCOCC1. The van der Waals surface area contributed by atoms with Gasteiger partial charge in [0, 0.05) is 35.7 Å². The van der Waals surface area contributed by atoms with Crippen LogP contribution in [0.5, 0.6) is 0 Å². The molecule has 7 nitrogen and oxygen atoms in total. The van der Waals surface area contributed by atoms with Gasteiger partial charge >= 0.3 is 0 Å². The molecule has 2 aliphatic heterocycles. The number of aromatic nitrogens is 2. The number of rotatable bonds is 2. The average molecular weight is 320 g/mol. The van der Waals surface area contributed by atoms with Crippen molar-refractivity contribution in [1.29, 1.82) is 5.41 Å². The Labute approximate surface area is 129 Å². The van der Waals surface area contributed by atoms with Gasteiger partial charge in [-0.15, -0.1) is 0 Å². The molecule has 1 amide bonds. The van der Waals surface area contributed by atoms with Crippen LogP contribution in [0.15, 0.2) is 4.91 Å². The minimum atomic E-state index is -1.16. The average Bonchev–Trinajstić information content (AvgIpc) is 2.90. The minimum Gasteiger partial charge on any atom is -0.378 e. The molecular weight excluding hydrogens is 304 g/mol. The zero-order chi connectivity index (χ0) is 15.3. The van der Waals surface area contributed by atoms with Crippen LogP contribution in [0.25, 0.3) is 5.57 Å². The minimum absolute atomic E-state index is 0.0286. The van der Waals surface area contributed by atoms with E-state index in [9.17, 15) is 9.00 Å². The fourth-order valence-corrected chi connectivity index (χ4v) is 4.87. The summed E-state index contributed by atoms with van der Waals surface area (Å²) in [5, 5.41) is 14.5. The maximum atomic E-state index is 12.6. The first-order valence-electron chi connectivity index (χ1n) is 7.27. The Morgan fingerprint density at radius 2 is 2.23 bits per heavy atom. The summed E-state index contributed by atoms with van der Waals surface area (Å²) < 4.78 is 17.7. The van der Waals surface area contributed by atoms with E-state index in [1.54, 1.807) is 4.90 Å². The van der Waals surface area contributed by atoms with Crippen LogP contribution in [0.4, 0.5) is 0 Å². The first kappa shape index (κ1) is 13.8. The Hall–Kier alpha value is -1.80. The number of hydrogen-bond donors (Lipinski definition) is 2. The first-order valence-corrected chi connectivity index (χ1v) is 8.59. The van der Waals surface area contributed by atoms with Crippen molar-refractivity contribution in [3.8, 4) is 0 Å². The van der Waals surface area contributed by atoms with E-state index in [2.05, 4.69) is 10.2 Å². The molecule has 8 heteroatoms. The third-order valence-electron chi connectivity index (χ3n) is 4.45. The molecule has 1 aromatic rings. The van der Waals surface area contributed by atoms with Crippen LogP contribution in [-0.4, -0.2) is 57.7 Å². The van der Waals surface area contributed by atoms with Crippen molar-refractivity contribution in [1.82, 2.24) is 15.1 Å². The van der Waals surface area contributed by atoms with Gasteiger partial charge in [-0.05, 0) is 12.0 Å². The van der Waals surface area contributed by atoms with Gasteiger partial charge in [-0.2, -0.15) is 5.10 Å². The number of carbonyl (C=O) groups is 1. The number of nitrogens with zero attached hydrogens (tertiary/aromatic N) is 2. The lowest BCUT2D eigenvalue weighted by Crippen LogP contribution is -2.41.